The van der Waals surface area contributed by atoms with Gasteiger partial charge in [-0.15, -0.1) is 0 Å². The lowest BCUT2D eigenvalue weighted by molar-refractivity contribution is 0.0557. The third kappa shape index (κ3) is 3.79. The molecule has 0 saturated heterocycles. The normalized spacial score (nSPS) is 12.6. The standard InChI is InChI=1S/C14H22O2Si/c1-11-9-7-8-10-12(11)13(15)14(2,3)16-17(4,5)6/h7-10H,1-6H3. The maximum absolute atomic E-state index is 12.5. The molecule has 0 N–H and O–H groups in total. The highest BCUT2D eigenvalue weighted by Gasteiger charge is 2.34. The molecule has 0 saturated carbocycles. The van der Waals surface area contributed by atoms with Gasteiger partial charge in [-0.3, -0.25) is 4.79 Å². The second-order valence-corrected chi connectivity index (χ2v) is 10.3. The Labute approximate surface area is 105 Å². The van der Waals surface area contributed by atoms with E-state index in [0.717, 1.165) is 11.1 Å². The molecule has 0 heterocycles. The minimum absolute atomic E-state index is 0.0676. The Hall–Kier alpha value is -0.933. The fraction of sp³-hybridized carbons (Fsp3) is 0.500. The maximum atomic E-state index is 12.5. The van der Waals surface area contributed by atoms with Crippen molar-refractivity contribution >= 4 is 14.1 Å². The molecule has 0 radical (unpaired) electrons. The molecule has 0 unspecified atom stereocenters. The Morgan fingerprint density at radius 1 is 1.18 bits per heavy atom. The van der Waals surface area contributed by atoms with Crippen molar-refractivity contribution in [2.75, 3.05) is 0 Å². The Bertz CT molecular complexity index is 416. The topological polar surface area (TPSA) is 26.3 Å². The predicted molar refractivity (Wildman–Crippen MR) is 74.0 cm³/mol. The highest BCUT2D eigenvalue weighted by molar-refractivity contribution is 6.70. The molecule has 0 spiro atoms. The Morgan fingerprint density at radius 3 is 2.18 bits per heavy atom. The smallest absolute Gasteiger partial charge is 0.193 e. The lowest BCUT2D eigenvalue weighted by atomic mass is 9.94. The summed E-state index contributed by atoms with van der Waals surface area (Å²) in [5, 5.41) is 0. The van der Waals surface area contributed by atoms with E-state index in [1.54, 1.807) is 0 Å². The molecule has 94 valence electrons. The van der Waals surface area contributed by atoms with E-state index in [1.165, 1.54) is 0 Å². The number of rotatable bonds is 4. The van der Waals surface area contributed by atoms with Gasteiger partial charge in [-0.1, -0.05) is 24.3 Å². The summed E-state index contributed by atoms with van der Waals surface area (Å²) >= 11 is 0. The van der Waals surface area contributed by atoms with Crippen molar-refractivity contribution < 1.29 is 9.22 Å². The van der Waals surface area contributed by atoms with Crippen LogP contribution in [0.2, 0.25) is 19.6 Å². The minimum Gasteiger partial charge on any atom is -0.405 e. The van der Waals surface area contributed by atoms with Crippen molar-refractivity contribution in [3.63, 3.8) is 0 Å². The Kier molecular flexibility index (Phi) is 3.94. The minimum atomic E-state index is -1.73. The summed E-state index contributed by atoms with van der Waals surface area (Å²) in [4.78, 5) is 12.5. The van der Waals surface area contributed by atoms with Gasteiger partial charge < -0.3 is 4.43 Å². The first-order valence-corrected chi connectivity index (χ1v) is 9.35. The van der Waals surface area contributed by atoms with Crippen molar-refractivity contribution in [1.82, 2.24) is 0 Å². The number of benzene rings is 1. The van der Waals surface area contributed by atoms with Gasteiger partial charge in [0.15, 0.2) is 14.1 Å². The Balaban J connectivity index is 3.01. The van der Waals surface area contributed by atoms with Crippen LogP contribution in [-0.2, 0) is 4.43 Å². The molecule has 1 aromatic rings. The zero-order chi connectivity index (χ0) is 13.3. The fourth-order valence-electron chi connectivity index (χ4n) is 1.96. The quantitative estimate of drug-likeness (QED) is 0.600. The number of ketones is 1. The summed E-state index contributed by atoms with van der Waals surface area (Å²) in [5.74, 6) is 0.0676. The van der Waals surface area contributed by atoms with Crippen LogP contribution in [0.5, 0.6) is 0 Å². The van der Waals surface area contributed by atoms with Crippen LogP contribution in [0, 0.1) is 6.92 Å². The van der Waals surface area contributed by atoms with E-state index in [4.69, 9.17) is 4.43 Å². The lowest BCUT2D eigenvalue weighted by Gasteiger charge is -2.32. The molecule has 3 heteroatoms. The summed E-state index contributed by atoms with van der Waals surface area (Å²) in [6.07, 6.45) is 0. The second-order valence-electron chi connectivity index (χ2n) is 5.87. The van der Waals surface area contributed by atoms with E-state index in [1.807, 2.05) is 45.0 Å². The van der Waals surface area contributed by atoms with Gasteiger partial charge in [0.1, 0.15) is 5.60 Å². The number of hydrogen-bond donors (Lipinski definition) is 0. The van der Waals surface area contributed by atoms with E-state index in [0.29, 0.717) is 0 Å². The van der Waals surface area contributed by atoms with Crippen LogP contribution in [0.25, 0.3) is 0 Å². The summed E-state index contributed by atoms with van der Waals surface area (Å²) in [5.41, 5.74) is 1.02. The van der Waals surface area contributed by atoms with Gasteiger partial charge in [-0.2, -0.15) is 0 Å². The molecule has 0 amide bonds. The first kappa shape index (κ1) is 14.1. The summed E-state index contributed by atoms with van der Waals surface area (Å²) in [6, 6.07) is 7.66. The molecule has 1 aromatic carbocycles. The third-order valence-corrected chi connectivity index (χ3v) is 3.62. The molecule has 0 aliphatic carbocycles. The van der Waals surface area contributed by atoms with Crippen molar-refractivity contribution in [2.45, 2.75) is 46.0 Å². The second kappa shape index (κ2) is 4.74. The van der Waals surface area contributed by atoms with Gasteiger partial charge in [0, 0.05) is 5.56 Å². The van der Waals surface area contributed by atoms with E-state index in [9.17, 15) is 4.79 Å². The van der Waals surface area contributed by atoms with Crippen LogP contribution >= 0.6 is 0 Å². The third-order valence-electron chi connectivity index (χ3n) is 2.50. The zero-order valence-corrected chi connectivity index (χ0v) is 12.6. The Morgan fingerprint density at radius 2 is 1.71 bits per heavy atom. The predicted octanol–water partition coefficient (Wildman–Crippen LogP) is 3.81. The van der Waals surface area contributed by atoms with Crippen molar-refractivity contribution in [3.8, 4) is 0 Å². The zero-order valence-electron chi connectivity index (χ0n) is 11.6. The maximum Gasteiger partial charge on any atom is 0.193 e. The van der Waals surface area contributed by atoms with Crippen molar-refractivity contribution in [1.29, 1.82) is 0 Å². The summed E-state index contributed by atoms with van der Waals surface area (Å²) in [7, 11) is -1.73. The number of carbonyl (C=O) groups excluding carboxylic acids is 1. The molecule has 0 aromatic heterocycles. The number of hydrogen-bond acceptors (Lipinski definition) is 2. The van der Waals surface area contributed by atoms with Crippen molar-refractivity contribution in [2.24, 2.45) is 0 Å². The van der Waals surface area contributed by atoms with Gasteiger partial charge >= 0.3 is 0 Å². The van der Waals surface area contributed by atoms with Crippen molar-refractivity contribution in [3.05, 3.63) is 35.4 Å². The lowest BCUT2D eigenvalue weighted by Crippen LogP contribution is -2.44. The molecule has 0 aliphatic heterocycles. The molecule has 0 fully saturated rings. The van der Waals surface area contributed by atoms with Crippen LogP contribution < -0.4 is 0 Å². The van der Waals surface area contributed by atoms with Crippen LogP contribution in [0.3, 0.4) is 0 Å². The van der Waals surface area contributed by atoms with Crippen LogP contribution in [-0.4, -0.2) is 19.7 Å². The molecular formula is C14H22O2Si. The van der Waals surface area contributed by atoms with E-state index < -0.39 is 13.9 Å². The largest absolute Gasteiger partial charge is 0.405 e. The first-order chi connectivity index (χ1) is 7.63. The van der Waals surface area contributed by atoms with E-state index in [-0.39, 0.29) is 5.78 Å². The number of Topliss-reactive ketones (excluding diaryl/α,β-unsaturated/α-hetero) is 1. The molecule has 0 bridgehead atoms. The van der Waals surface area contributed by atoms with Crippen LogP contribution in [0.1, 0.15) is 29.8 Å². The van der Waals surface area contributed by atoms with Crippen LogP contribution in [0.4, 0.5) is 0 Å². The average Bonchev–Trinajstić information content (AvgIpc) is 2.13. The SMILES string of the molecule is Cc1ccccc1C(=O)C(C)(C)O[Si](C)(C)C. The average molecular weight is 250 g/mol. The molecule has 1 rings (SSSR count). The summed E-state index contributed by atoms with van der Waals surface area (Å²) < 4.78 is 5.99. The molecule has 17 heavy (non-hydrogen) atoms. The highest BCUT2D eigenvalue weighted by atomic mass is 28.4. The van der Waals surface area contributed by atoms with Gasteiger partial charge in [0.25, 0.3) is 0 Å². The van der Waals surface area contributed by atoms with Gasteiger partial charge in [0.05, 0.1) is 0 Å². The molecule has 0 aliphatic rings. The first-order valence-electron chi connectivity index (χ1n) is 5.94. The fourth-order valence-corrected chi connectivity index (χ4v) is 3.59. The number of aryl methyl sites for hydroxylation is 1. The highest BCUT2D eigenvalue weighted by Crippen LogP contribution is 2.23. The van der Waals surface area contributed by atoms with Gasteiger partial charge in [0.2, 0.25) is 0 Å². The summed E-state index contributed by atoms with van der Waals surface area (Å²) in [6.45, 7) is 12.0. The van der Waals surface area contributed by atoms with E-state index in [2.05, 4.69) is 19.6 Å². The van der Waals surface area contributed by atoms with E-state index >= 15 is 0 Å². The number of carbonyl (C=O) groups is 1. The van der Waals surface area contributed by atoms with Crippen LogP contribution in [0.15, 0.2) is 24.3 Å². The van der Waals surface area contributed by atoms with Gasteiger partial charge in [-0.05, 0) is 46.0 Å². The molecule has 0 atom stereocenters. The molecular weight excluding hydrogens is 228 g/mol. The van der Waals surface area contributed by atoms with Gasteiger partial charge in [-0.25, -0.2) is 0 Å². The monoisotopic (exact) mass is 250 g/mol. The molecule has 2 nitrogen and oxygen atoms in total.